The van der Waals surface area contributed by atoms with E-state index >= 15 is 0 Å². The highest BCUT2D eigenvalue weighted by Gasteiger charge is 2.22. The van der Waals surface area contributed by atoms with Gasteiger partial charge in [0.1, 0.15) is 0 Å². The molecular weight excluding hydrogens is 262 g/mol. The van der Waals surface area contributed by atoms with Crippen molar-refractivity contribution in [3.05, 3.63) is 36.0 Å². The highest BCUT2D eigenvalue weighted by Crippen LogP contribution is 2.15. The molecule has 1 N–H and O–H groups in total. The molecule has 112 valence electrons. The summed E-state index contributed by atoms with van der Waals surface area (Å²) in [7, 11) is 0. The van der Waals surface area contributed by atoms with E-state index in [0.29, 0.717) is 12.5 Å². The van der Waals surface area contributed by atoms with E-state index in [1.165, 1.54) is 5.39 Å². The van der Waals surface area contributed by atoms with E-state index in [0.717, 1.165) is 37.3 Å². The highest BCUT2D eigenvalue weighted by atomic mass is 16.2. The summed E-state index contributed by atoms with van der Waals surface area (Å²) in [4.78, 5) is 20.0. The number of rotatable bonds is 3. The summed E-state index contributed by atoms with van der Waals surface area (Å²) in [5.74, 6) is 0.240. The Bertz CT molecular complexity index is 624. The van der Waals surface area contributed by atoms with Gasteiger partial charge in [-0.15, -0.1) is 0 Å². The number of piperazine rings is 1. The molecule has 2 aromatic rings. The Morgan fingerprint density at radius 2 is 1.95 bits per heavy atom. The molecule has 1 aromatic carbocycles. The molecule has 1 aliphatic heterocycles. The third-order valence-electron chi connectivity index (χ3n) is 4.37. The lowest BCUT2D eigenvalue weighted by Gasteiger charge is -2.37. The van der Waals surface area contributed by atoms with Crippen LogP contribution in [0.2, 0.25) is 0 Å². The molecule has 1 amide bonds. The number of aromatic amines is 1. The first-order chi connectivity index (χ1) is 10.1. The van der Waals surface area contributed by atoms with Crippen molar-refractivity contribution in [2.24, 2.45) is 0 Å². The zero-order valence-corrected chi connectivity index (χ0v) is 12.8. The van der Waals surface area contributed by atoms with E-state index in [1.54, 1.807) is 0 Å². The summed E-state index contributed by atoms with van der Waals surface area (Å²) in [6, 6.07) is 8.82. The predicted molar refractivity (Wildman–Crippen MR) is 85.3 cm³/mol. The van der Waals surface area contributed by atoms with Crippen molar-refractivity contribution >= 4 is 16.8 Å². The summed E-state index contributed by atoms with van der Waals surface area (Å²) < 4.78 is 0. The molecule has 0 saturated carbocycles. The Kier molecular flexibility index (Phi) is 3.97. The molecule has 2 heterocycles. The third kappa shape index (κ3) is 3.10. The molecule has 1 saturated heterocycles. The van der Waals surface area contributed by atoms with Crippen LogP contribution in [0.1, 0.15) is 19.4 Å². The summed E-state index contributed by atoms with van der Waals surface area (Å²) in [5, 5.41) is 1.19. The van der Waals surface area contributed by atoms with Crippen LogP contribution in [0, 0.1) is 0 Å². The number of carbonyl (C=O) groups is 1. The van der Waals surface area contributed by atoms with Crippen molar-refractivity contribution in [2.75, 3.05) is 26.2 Å². The van der Waals surface area contributed by atoms with Crippen LogP contribution in [-0.4, -0.2) is 52.9 Å². The fourth-order valence-corrected chi connectivity index (χ4v) is 2.98. The SMILES string of the molecule is CC(C)N1CCN(C(=O)Cc2ccc3cc[nH]c3c2)CC1. The van der Waals surface area contributed by atoms with Gasteiger partial charge in [0.25, 0.3) is 0 Å². The van der Waals surface area contributed by atoms with Gasteiger partial charge in [0.05, 0.1) is 6.42 Å². The van der Waals surface area contributed by atoms with Gasteiger partial charge in [-0.3, -0.25) is 9.69 Å². The lowest BCUT2D eigenvalue weighted by atomic mass is 10.1. The Hall–Kier alpha value is -1.81. The molecule has 3 rings (SSSR count). The van der Waals surface area contributed by atoms with Crippen LogP contribution in [0.25, 0.3) is 10.9 Å². The first kappa shape index (κ1) is 14.1. The number of benzene rings is 1. The quantitative estimate of drug-likeness (QED) is 0.939. The molecule has 4 heteroatoms. The third-order valence-corrected chi connectivity index (χ3v) is 4.37. The van der Waals surface area contributed by atoms with Crippen molar-refractivity contribution in [2.45, 2.75) is 26.3 Å². The smallest absolute Gasteiger partial charge is 0.227 e. The van der Waals surface area contributed by atoms with Crippen LogP contribution in [0.15, 0.2) is 30.5 Å². The molecule has 0 aliphatic carbocycles. The van der Waals surface area contributed by atoms with Crippen LogP contribution in [0.5, 0.6) is 0 Å². The number of amides is 1. The molecule has 21 heavy (non-hydrogen) atoms. The standard InChI is InChI=1S/C17H23N3O/c1-13(2)19-7-9-20(10-8-19)17(21)12-14-3-4-15-5-6-18-16(15)11-14/h3-6,11,13,18H,7-10,12H2,1-2H3. The van der Waals surface area contributed by atoms with Gasteiger partial charge in [0.15, 0.2) is 0 Å². The van der Waals surface area contributed by atoms with Gasteiger partial charge in [-0.05, 0) is 36.9 Å². The maximum atomic E-state index is 12.4. The number of carbonyl (C=O) groups excluding carboxylic acids is 1. The number of nitrogens with zero attached hydrogens (tertiary/aromatic N) is 2. The number of aromatic nitrogens is 1. The molecule has 1 aliphatic rings. The minimum atomic E-state index is 0.240. The molecule has 1 aromatic heterocycles. The number of H-pyrrole nitrogens is 1. The second-order valence-corrected chi connectivity index (χ2v) is 6.09. The lowest BCUT2D eigenvalue weighted by Crippen LogP contribution is -2.51. The molecular formula is C17H23N3O. The maximum absolute atomic E-state index is 12.4. The second kappa shape index (κ2) is 5.90. The largest absolute Gasteiger partial charge is 0.361 e. The summed E-state index contributed by atoms with van der Waals surface area (Å²) in [6.07, 6.45) is 2.43. The number of nitrogens with one attached hydrogen (secondary N) is 1. The minimum absolute atomic E-state index is 0.240. The topological polar surface area (TPSA) is 39.3 Å². The van der Waals surface area contributed by atoms with Gasteiger partial charge in [-0.25, -0.2) is 0 Å². The summed E-state index contributed by atoms with van der Waals surface area (Å²) >= 11 is 0. The molecule has 0 radical (unpaired) electrons. The lowest BCUT2D eigenvalue weighted by molar-refractivity contribution is -0.132. The Labute approximate surface area is 125 Å². The number of hydrogen-bond donors (Lipinski definition) is 1. The average Bonchev–Trinajstić information content (AvgIpc) is 2.95. The first-order valence-electron chi connectivity index (χ1n) is 7.71. The van der Waals surface area contributed by atoms with Crippen molar-refractivity contribution < 1.29 is 4.79 Å². The molecule has 0 spiro atoms. The van der Waals surface area contributed by atoms with Crippen molar-refractivity contribution in [1.29, 1.82) is 0 Å². The maximum Gasteiger partial charge on any atom is 0.227 e. The Morgan fingerprint density at radius 3 is 2.67 bits per heavy atom. The molecule has 1 fully saturated rings. The van der Waals surface area contributed by atoms with Crippen LogP contribution in [-0.2, 0) is 11.2 Å². The number of hydrogen-bond acceptors (Lipinski definition) is 2. The van der Waals surface area contributed by atoms with E-state index in [1.807, 2.05) is 17.2 Å². The second-order valence-electron chi connectivity index (χ2n) is 6.09. The molecule has 0 atom stereocenters. The van der Waals surface area contributed by atoms with Gasteiger partial charge < -0.3 is 9.88 Å². The van der Waals surface area contributed by atoms with Crippen molar-refractivity contribution in [1.82, 2.24) is 14.8 Å². The van der Waals surface area contributed by atoms with Crippen LogP contribution in [0.3, 0.4) is 0 Å². The molecule has 0 unspecified atom stereocenters. The number of fused-ring (bicyclic) bond motifs is 1. The highest BCUT2D eigenvalue weighted by molar-refractivity contribution is 5.83. The van der Waals surface area contributed by atoms with Crippen LogP contribution >= 0.6 is 0 Å². The zero-order valence-electron chi connectivity index (χ0n) is 12.8. The van der Waals surface area contributed by atoms with E-state index in [9.17, 15) is 4.79 Å². The van der Waals surface area contributed by atoms with Crippen LogP contribution < -0.4 is 0 Å². The zero-order chi connectivity index (χ0) is 14.8. The van der Waals surface area contributed by atoms with E-state index < -0.39 is 0 Å². The van der Waals surface area contributed by atoms with E-state index in [4.69, 9.17) is 0 Å². The normalized spacial score (nSPS) is 16.8. The van der Waals surface area contributed by atoms with Gasteiger partial charge in [0.2, 0.25) is 5.91 Å². The van der Waals surface area contributed by atoms with E-state index in [-0.39, 0.29) is 5.91 Å². The Morgan fingerprint density at radius 1 is 1.19 bits per heavy atom. The van der Waals surface area contributed by atoms with Gasteiger partial charge in [-0.2, -0.15) is 0 Å². The van der Waals surface area contributed by atoms with Gasteiger partial charge in [-0.1, -0.05) is 12.1 Å². The summed E-state index contributed by atoms with van der Waals surface area (Å²) in [6.45, 7) is 8.09. The van der Waals surface area contributed by atoms with Crippen molar-refractivity contribution in [3.63, 3.8) is 0 Å². The van der Waals surface area contributed by atoms with Gasteiger partial charge >= 0.3 is 0 Å². The van der Waals surface area contributed by atoms with Gasteiger partial charge in [0, 0.05) is 43.9 Å². The fourth-order valence-electron chi connectivity index (χ4n) is 2.98. The van der Waals surface area contributed by atoms with Crippen molar-refractivity contribution in [3.8, 4) is 0 Å². The average molecular weight is 285 g/mol. The Balaban J connectivity index is 1.61. The molecule has 4 nitrogen and oxygen atoms in total. The van der Waals surface area contributed by atoms with Crippen LogP contribution in [0.4, 0.5) is 0 Å². The monoisotopic (exact) mass is 285 g/mol. The summed E-state index contributed by atoms with van der Waals surface area (Å²) in [5.41, 5.74) is 2.19. The molecule has 0 bridgehead atoms. The fraction of sp³-hybridized carbons (Fsp3) is 0.471. The predicted octanol–water partition coefficient (Wildman–Crippen LogP) is 2.26. The van der Waals surface area contributed by atoms with E-state index in [2.05, 4.69) is 41.9 Å². The first-order valence-corrected chi connectivity index (χ1v) is 7.71. The minimum Gasteiger partial charge on any atom is -0.361 e.